The lowest BCUT2D eigenvalue weighted by Gasteiger charge is -2.42. The third kappa shape index (κ3) is 6.07. The standard InChI is InChI=1S/C22H21N3O8/c1-13(26)30-12-16-18(32-20(27)14-8-4-2-5-9-14)19(17(24-25-23)22(29)31-16)33-21(28)15-10-6-3-7-11-15/h2-11,16-19,22,29H,12H2,1H3/t16-,17-,18-,19-,22?/m1/s1. The van der Waals surface area contributed by atoms with Gasteiger partial charge < -0.3 is 24.1 Å². The summed E-state index contributed by atoms with van der Waals surface area (Å²) >= 11 is 0. The molecule has 0 amide bonds. The minimum atomic E-state index is -1.72. The van der Waals surface area contributed by atoms with Crippen LogP contribution in [-0.4, -0.2) is 60.3 Å². The normalized spacial score (nSPS) is 24.1. The van der Waals surface area contributed by atoms with Crippen LogP contribution >= 0.6 is 0 Å². The first kappa shape index (κ1) is 23.7. The molecule has 0 aromatic heterocycles. The summed E-state index contributed by atoms with van der Waals surface area (Å²) in [6.07, 6.45) is -5.74. The third-order valence-electron chi connectivity index (χ3n) is 4.77. The molecule has 0 radical (unpaired) electrons. The van der Waals surface area contributed by atoms with Gasteiger partial charge in [-0.2, -0.15) is 0 Å². The van der Waals surface area contributed by atoms with Crippen LogP contribution in [0.15, 0.2) is 65.8 Å². The number of hydrogen-bond acceptors (Lipinski definition) is 9. The zero-order valence-corrected chi connectivity index (χ0v) is 17.5. The van der Waals surface area contributed by atoms with Crippen LogP contribution in [0.1, 0.15) is 27.6 Å². The van der Waals surface area contributed by atoms with Gasteiger partial charge in [0.15, 0.2) is 18.5 Å². The maximum Gasteiger partial charge on any atom is 0.338 e. The Morgan fingerprint density at radius 2 is 1.48 bits per heavy atom. The summed E-state index contributed by atoms with van der Waals surface area (Å²) in [5.74, 6) is -2.23. The molecule has 1 aliphatic heterocycles. The largest absolute Gasteiger partial charge is 0.463 e. The molecular formula is C22H21N3O8. The second-order valence-electron chi connectivity index (χ2n) is 7.04. The molecule has 11 heteroatoms. The van der Waals surface area contributed by atoms with Crippen LogP contribution in [0.2, 0.25) is 0 Å². The lowest BCUT2D eigenvalue weighted by Crippen LogP contribution is -2.60. The molecule has 33 heavy (non-hydrogen) atoms. The van der Waals surface area contributed by atoms with Crippen LogP contribution in [0.5, 0.6) is 0 Å². The smallest absolute Gasteiger partial charge is 0.338 e. The molecule has 1 N–H and O–H groups in total. The first-order valence-electron chi connectivity index (χ1n) is 9.94. The van der Waals surface area contributed by atoms with E-state index in [1.165, 1.54) is 31.2 Å². The lowest BCUT2D eigenvalue weighted by atomic mass is 9.96. The van der Waals surface area contributed by atoms with Gasteiger partial charge in [0.05, 0.1) is 11.1 Å². The van der Waals surface area contributed by atoms with Gasteiger partial charge in [-0.25, -0.2) is 9.59 Å². The number of benzene rings is 2. The van der Waals surface area contributed by atoms with Crippen molar-refractivity contribution in [1.82, 2.24) is 0 Å². The predicted molar refractivity (Wildman–Crippen MR) is 112 cm³/mol. The molecule has 0 bridgehead atoms. The van der Waals surface area contributed by atoms with Gasteiger partial charge in [0, 0.05) is 11.8 Å². The Morgan fingerprint density at radius 3 is 1.97 bits per heavy atom. The van der Waals surface area contributed by atoms with E-state index < -0.39 is 55.2 Å². The third-order valence-corrected chi connectivity index (χ3v) is 4.77. The van der Waals surface area contributed by atoms with Gasteiger partial charge in [-0.15, -0.1) is 0 Å². The minimum Gasteiger partial charge on any atom is -0.463 e. The average Bonchev–Trinajstić information content (AvgIpc) is 2.82. The first-order valence-corrected chi connectivity index (χ1v) is 9.94. The Kier molecular flexibility index (Phi) is 7.98. The van der Waals surface area contributed by atoms with Crippen molar-refractivity contribution in [3.05, 3.63) is 82.2 Å². The highest BCUT2D eigenvalue weighted by atomic mass is 16.7. The number of ether oxygens (including phenoxy) is 4. The number of nitrogens with zero attached hydrogens (tertiary/aromatic N) is 3. The van der Waals surface area contributed by atoms with Crippen molar-refractivity contribution in [2.24, 2.45) is 5.11 Å². The highest BCUT2D eigenvalue weighted by molar-refractivity contribution is 5.90. The molecular weight excluding hydrogens is 434 g/mol. The van der Waals surface area contributed by atoms with E-state index in [9.17, 15) is 19.5 Å². The SMILES string of the molecule is CC(=O)OC[C@H]1OC(O)[C@H](N=[N+]=[N-])[C@@H](OC(=O)c2ccccc2)[C@@H]1OC(=O)c1ccccc1. The second kappa shape index (κ2) is 11.1. The van der Waals surface area contributed by atoms with Crippen molar-refractivity contribution < 1.29 is 38.4 Å². The highest BCUT2D eigenvalue weighted by Crippen LogP contribution is 2.29. The van der Waals surface area contributed by atoms with Crippen molar-refractivity contribution in [1.29, 1.82) is 0 Å². The second-order valence-corrected chi connectivity index (χ2v) is 7.04. The van der Waals surface area contributed by atoms with Crippen molar-refractivity contribution in [2.75, 3.05) is 6.61 Å². The Bertz CT molecular complexity index is 1030. The van der Waals surface area contributed by atoms with Crippen LogP contribution < -0.4 is 0 Å². The zero-order valence-electron chi connectivity index (χ0n) is 17.5. The number of esters is 3. The molecule has 5 atom stereocenters. The molecule has 2 aromatic rings. The summed E-state index contributed by atoms with van der Waals surface area (Å²) in [6.45, 7) is 0.751. The number of carbonyl (C=O) groups excluding carboxylic acids is 3. The maximum absolute atomic E-state index is 12.8. The zero-order chi connectivity index (χ0) is 23.8. The van der Waals surface area contributed by atoms with Crippen LogP contribution in [-0.2, 0) is 23.7 Å². The molecule has 1 aliphatic rings. The van der Waals surface area contributed by atoms with Crippen molar-refractivity contribution in [3.8, 4) is 0 Å². The molecule has 1 saturated heterocycles. The predicted octanol–water partition coefficient (Wildman–Crippen LogP) is 2.40. The summed E-state index contributed by atoms with van der Waals surface area (Å²) in [7, 11) is 0. The maximum atomic E-state index is 12.8. The Hall–Kier alpha value is -3.92. The fourth-order valence-corrected chi connectivity index (χ4v) is 3.23. The number of azide groups is 1. The van der Waals surface area contributed by atoms with Crippen molar-refractivity contribution in [2.45, 2.75) is 37.6 Å². The molecule has 1 fully saturated rings. The molecule has 11 nitrogen and oxygen atoms in total. The van der Waals surface area contributed by atoms with Crippen molar-refractivity contribution >= 4 is 17.9 Å². The molecule has 172 valence electrons. The Labute approximate surface area is 188 Å². The summed E-state index contributed by atoms with van der Waals surface area (Å²) in [5, 5.41) is 13.9. The molecule has 1 unspecified atom stereocenters. The van der Waals surface area contributed by atoms with E-state index in [1.54, 1.807) is 36.4 Å². The van der Waals surface area contributed by atoms with Gasteiger partial charge in [-0.05, 0) is 29.8 Å². The molecule has 0 spiro atoms. The number of aliphatic hydroxyl groups excluding tert-OH is 1. The van der Waals surface area contributed by atoms with E-state index >= 15 is 0 Å². The van der Waals surface area contributed by atoms with E-state index in [4.69, 9.17) is 24.5 Å². The summed E-state index contributed by atoms with van der Waals surface area (Å²) < 4.78 is 21.5. The number of rotatable bonds is 7. The van der Waals surface area contributed by atoms with Crippen molar-refractivity contribution in [3.63, 3.8) is 0 Å². The number of aliphatic hydroxyl groups is 1. The molecule has 3 rings (SSSR count). The van der Waals surface area contributed by atoms with Crippen LogP contribution in [0.3, 0.4) is 0 Å². The fourth-order valence-electron chi connectivity index (χ4n) is 3.23. The van der Waals surface area contributed by atoms with E-state index in [-0.39, 0.29) is 11.1 Å². The molecule has 0 aliphatic carbocycles. The van der Waals surface area contributed by atoms with Gasteiger partial charge >= 0.3 is 17.9 Å². The van der Waals surface area contributed by atoms with Gasteiger partial charge in [0.25, 0.3) is 0 Å². The van der Waals surface area contributed by atoms with E-state index in [2.05, 4.69) is 10.0 Å². The average molecular weight is 455 g/mol. The molecule has 0 saturated carbocycles. The highest BCUT2D eigenvalue weighted by Gasteiger charge is 2.50. The Morgan fingerprint density at radius 1 is 0.970 bits per heavy atom. The minimum absolute atomic E-state index is 0.183. The van der Waals surface area contributed by atoms with Crippen LogP contribution in [0.25, 0.3) is 10.4 Å². The van der Waals surface area contributed by atoms with Crippen LogP contribution in [0, 0.1) is 0 Å². The van der Waals surface area contributed by atoms with Gasteiger partial charge in [-0.3, -0.25) is 4.79 Å². The summed E-state index contributed by atoms with van der Waals surface area (Å²) in [5.41, 5.74) is 9.35. The Balaban J connectivity index is 1.95. The number of carbonyl (C=O) groups is 3. The van der Waals surface area contributed by atoms with E-state index in [1.807, 2.05) is 0 Å². The lowest BCUT2D eigenvalue weighted by molar-refractivity contribution is -0.250. The van der Waals surface area contributed by atoms with Crippen LogP contribution in [0.4, 0.5) is 0 Å². The molecule has 1 heterocycles. The number of hydrogen-bond donors (Lipinski definition) is 1. The quantitative estimate of drug-likeness (QED) is 0.219. The van der Waals surface area contributed by atoms with Gasteiger partial charge in [-0.1, -0.05) is 41.5 Å². The van der Waals surface area contributed by atoms with Gasteiger partial charge in [0.2, 0.25) is 0 Å². The topological polar surface area (TPSA) is 157 Å². The fraction of sp³-hybridized carbons (Fsp3) is 0.318. The monoisotopic (exact) mass is 455 g/mol. The first-order chi connectivity index (χ1) is 15.9. The van der Waals surface area contributed by atoms with E-state index in [0.717, 1.165) is 0 Å². The van der Waals surface area contributed by atoms with E-state index in [0.29, 0.717) is 0 Å². The summed E-state index contributed by atoms with van der Waals surface area (Å²) in [4.78, 5) is 39.5. The van der Waals surface area contributed by atoms with Gasteiger partial charge in [0.1, 0.15) is 18.8 Å². The summed E-state index contributed by atoms with van der Waals surface area (Å²) in [6, 6.07) is 14.5. The molecule has 2 aromatic carbocycles.